The van der Waals surface area contributed by atoms with Crippen LogP contribution in [0, 0.1) is 0 Å². The summed E-state index contributed by atoms with van der Waals surface area (Å²) in [7, 11) is 0. The average molecular weight is 562 g/mol. The first-order valence-electron chi connectivity index (χ1n) is 13.1. The molecule has 0 bridgehead atoms. The van der Waals surface area contributed by atoms with Crippen LogP contribution in [-0.2, 0) is 52.2 Å². The number of para-hydroxylation sites is 1. The zero-order valence-electron chi connectivity index (χ0n) is 22.4. The molecule has 0 fully saturated rings. The number of Topliss-reactive ketones (excluding diaryl/α,β-unsaturated/α-hetero) is 1. The number of aromatic nitrogens is 2. The maximum Gasteiger partial charge on any atom is 0.355 e. The largest absolute Gasteiger partial charge is 0.481 e. The number of nitrogens with one attached hydrogen (secondary N) is 1. The van der Waals surface area contributed by atoms with Gasteiger partial charge in [-0.2, -0.15) is 0 Å². The number of nitrogens with zero attached hydrogens (tertiary/aromatic N) is 2. The third kappa shape index (κ3) is 4.96. The molecule has 2 atom stereocenters. The van der Waals surface area contributed by atoms with E-state index in [0.717, 1.165) is 16.5 Å². The highest BCUT2D eigenvalue weighted by Gasteiger charge is 2.51. The summed E-state index contributed by atoms with van der Waals surface area (Å²) in [4.78, 5) is 80.0. The zero-order chi connectivity index (χ0) is 29.5. The molecule has 2 N–H and O–H groups in total. The first kappa shape index (κ1) is 27.7. The molecule has 1 aromatic carbocycles. The molecule has 0 radical (unpaired) electrons. The van der Waals surface area contributed by atoms with Gasteiger partial charge in [0, 0.05) is 29.4 Å². The molecule has 3 aromatic rings. The minimum Gasteiger partial charge on any atom is -0.481 e. The van der Waals surface area contributed by atoms with E-state index in [4.69, 9.17) is 14.5 Å². The Morgan fingerprint density at radius 3 is 2.63 bits per heavy atom. The number of fused-ring (bicyclic) bond motifs is 5. The summed E-state index contributed by atoms with van der Waals surface area (Å²) in [5, 5.41) is 12.5. The highest BCUT2D eigenvalue weighted by Crippen LogP contribution is 2.41. The van der Waals surface area contributed by atoms with Crippen molar-refractivity contribution in [2.75, 3.05) is 0 Å². The van der Waals surface area contributed by atoms with Crippen LogP contribution in [-0.4, -0.2) is 50.3 Å². The zero-order valence-corrected chi connectivity index (χ0v) is 22.4. The van der Waals surface area contributed by atoms with Crippen molar-refractivity contribution in [1.29, 1.82) is 0 Å². The summed E-state index contributed by atoms with van der Waals surface area (Å²) in [5.74, 6) is -4.51. The summed E-state index contributed by atoms with van der Waals surface area (Å²) >= 11 is 0. The molecule has 0 spiro atoms. The third-order valence-corrected chi connectivity index (χ3v) is 7.36. The highest BCUT2D eigenvalue weighted by atomic mass is 16.6. The Bertz CT molecular complexity index is 1690. The fourth-order valence-electron chi connectivity index (χ4n) is 5.25. The molecule has 4 heterocycles. The lowest BCUT2D eigenvalue weighted by Gasteiger charge is -2.36. The Morgan fingerprint density at radius 2 is 1.93 bits per heavy atom. The Balaban J connectivity index is 1.55. The van der Waals surface area contributed by atoms with Crippen LogP contribution in [0.1, 0.15) is 56.2 Å². The Hall–Kier alpha value is -4.87. The molecule has 1 amide bonds. The second-order valence-electron chi connectivity index (χ2n) is 10.1. The van der Waals surface area contributed by atoms with Crippen molar-refractivity contribution in [2.45, 2.75) is 64.3 Å². The number of ether oxygens (including phenoxy) is 2. The van der Waals surface area contributed by atoms with Crippen molar-refractivity contribution < 1.29 is 38.6 Å². The van der Waals surface area contributed by atoms with Crippen LogP contribution in [0.2, 0.25) is 0 Å². The number of carbonyl (C=O) groups excluding carboxylic acids is 4. The minimum atomic E-state index is -2.07. The normalized spacial score (nSPS) is 17.6. The van der Waals surface area contributed by atoms with E-state index in [1.807, 2.05) is 30.3 Å². The Labute approximate surface area is 233 Å². The molecule has 12 heteroatoms. The molecule has 2 aliphatic heterocycles. The number of cyclic esters (lactones) is 1. The molecule has 2 aliphatic rings. The molecule has 212 valence electrons. The average Bonchev–Trinajstić information content (AvgIpc) is 3.29. The van der Waals surface area contributed by atoms with Crippen molar-refractivity contribution >= 4 is 40.5 Å². The smallest absolute Gasteiger partial charge is 0.355 e. The van der Waals surface area contributed by atoms with E-state index >= 15 is 0 Å². The quantitative estimate of drug-likeness (QED) is 0.288. The predicted octanol–water partition coefficient (Wildman–Crippen LogP) is 1.96. The first-order chi connectivity index (χ1) is 19.5. The monoisotopic (exact) mass is 561 g/mol. The second-order valence-corrected chi connectivity index (χ2v) is 10.1. The van der Waals surface area contributed by atoms with Crippen molar-refractivity contribution in [3.05, 3.63) is 63.4 Å². The standard InChI is InChI=1S/C29H27N3O9/c1-3-29(41-27(38)21(12-24(35)36)30-23(34)9-8-15(2)33)19-11-22-25-17(10-16-6-4-5-7-20(16)31-25)13-32(22)26(37)18(19)14-40-28(29)39/h4-7,10-11,21H,3,8-9,12-14H2,1-2H3,(H,30,34)(H,35,36)/t21-,29-/m0/s1. The number of ketones is 1. The van der Waals surface area contributed by atoms with Crippen molar-refractivity contribution in [3.63, 3.8) is 0 Å². The van der Waals surface area contributed by atoms with Crippen LogP contribution in [0.25, 0.3) is 22.3 Å². The van der Waals surface area contributed by atoms with E-state index in [1.165, 1.54) is 11.5 Å². The molecule has 5 rings (SSSR count). The Morgan fingerprint density at radius 1 is 1.17 bits per heavy atom. The van der Waals surface area contributed by atoms with Gasteiger partial charge in [-0.3, -0.25) is 14.4 Å². The van der Waals surface area contributed by atoms with Crippen LogP contribution in [0.15, 0.2) is 41.2 Å². The lowest BCUT2D eigenvalue weighted by molar-refractivity contribution is -0.191. The highest BCUT2D eigenvalue weighted by molar-refractivity contribution is 5.93. The predicted molar refractivity (Wildman–Crippen MR) is 142 cm³/mol. The fraction of sp³-hybridized carbons (Fsp3) is 0.345. The number of carbonyl (C=O) groups is 5. The summed E-state index contributed by atoms with van der Waals surface area (Å²) in [6.45, 7) is 2.78. The lowest BCUT2D eigenvalue weighted by atomic mass is 9.85. The molecular formula is C29H27N3O9. The summed E-state index contributed by atoms with van der Waals surface area (Å²) in [6.07, 6.45) is -1.32. The molecule has 12 nitrogen and oxygen atoms in total. The van der Waals surface area contributed by atoms with Gasteiger partial charge in [-0.1, -0.05) is 25.1 Å². The van der Waals surface area contributed by atoms with Gasteiger partial charge in [0.05, 0.1) is 35.4 Å². The van der Waals surface area contributed by atoms with Crippen LogP contribution in [0.5, 0.6) is 0 Å². The lowest BCUT2D eigenvalue weighted by Crippen LogP contribution is -2.51. The van der Waals surface area contributed by atoms with Crippen LogP contribution in [0.4, 0.5) is 0 Å². The van der Waals surface area contributed by atoms with Crippen LogP contribution < -0.4 is 10.9 Å². The molecular weight excluding hydrogens is 534 g/mol. The molecule has 0 saturated heterocycles. The molecule has 0 unspecified atom stereocenters. The van der Waals surface area contributed by atoms with Crippen LogP contribution in [0.3, 0.4) is 0 Å². The Kier molecular flexibility index (Phi) is 7.16. The summed E-state index contributed by atoms with van der Waals surface area (Å²) in [6, 6.07) is 9.39. The van der Waals surface area contributed by atoms with Gasteiger partial charge in [-0.15, -0.1) is 0 Å². The molecule has 2 aromatic heterocycles. The number of amides is 1. The third-order valence-electron chi connectivity index (χ3n) is 7.36. The van der Waals surface area contributed by atoms with Gasteiger partial charge >= 0.3 is 17.9 Å². The van der Waals surface area contributed by atoms with Crippen molar-refractivity contribution in [1.82, 2.24) is 14.9 Å². The van der Waals surface area contributed by atoms with E-state index in [0.29, 0.717) is 11.4 Å². The van der Waals surface area contributed by atoms with E-state index < -0.39 is 47.4 Å². The SMILES string of the molecule is CC[C@@]1(OC(=O)[C@H](CC(=O)O)NC(=O)CCC(C)=O)C(=O)OCc2c1cc1n(c2=O)Cc2cc3ccccc3nc2-1. The molecule has 0 aliphatic carbocycles. The van der Waals surface area contributed by atoms with Gasteiger partial charge in [0.25, 0.3) is 5.56 Å². The van der Waals surface area contributed by atoms with Gasteiger partial charge in [0.2, 0.25) is 11.5 Å². The number of carboxylic acid groups (broad SMARTS) is 1. The van der Waals surface area contributed by atoms with Crippen molar-refractivity contribution in [3.8, 4) is 11.4 Å². The van der Waals surface area contributed by atoms with E-state index in [1.54, 1.807) is 13.0 Å². The van der Waals surface area contributed by atoms with Gasteiger partial charge in [-0.25, -0.2) is 14.6 Å². The molecule has 41 heavy (non-hydrogen) atoms. The fourth-order valence-corrected chi connectivity index (χ4v) is 5.25. The maximum atomic E-state index is 13.7. The maximum absolute atomic E-state index is 13.7. The number of carboxylic acids is 1. The van der Waals surface area contributed by atoms with E-state index in [2.05, 4.69) is 5.32 Å². The first-order valence-corrected chi connectivity index (χ1v) is 13.1. The number of rotatable bonds is 9. The van der Waals surface area contributed by atoms with E-state index in [9.17, 15) is 33.9 Å². The number of hydrogen-bond donors (Lipinski definition) is 2. The number of hydrogen-bond acceptors (Lipinski definition) is 9. The van der Waals surface area contributed by atoms with Crippen molar-refractivity contribution in [2.24, 2.45) is 0 Å². The second kappa shape index (κ2) is 10.6. The van der Waals surface area contributed by atoms with Gasteiger partial charge in [0.15, 0.2) is 0 Å². The van der Waals surface area contributed by atoms with Gasteiger partial charge in [0.1, 0.15) is 18.4 Å². The minimum absolute atomic E-state index is 0.0981. The van der Waals surface area contributed by atoms with Crippen LogP contribution >= 0.6 is 0 Å². The number of pyridine rings is 2. The number of aliphatic carboxylic acids is 1. The van der Waals surface area contributed by atoms with Gasteiger partial charge < -0.3 is 29.3 Å². The topological polar surface area (TPSA) is 171 Å². The summed E-state index contributed by atoms with van der Waals surface area (Å²) < 4.78 is 12.5. The van der Waals surface area contributed by atoms with E-state index in [-0.39, 0.29) is 49.3 Å². The number of benzene rings is 1. The van der Waals surface area contributed by atoms with Gasteiger partial charge in [-0.05, 0) is 31.5 Å². The summed E-state index contributed by atoms with van der Waals surface area (Å²) in [5.41, 5.74) is 0.276. The molecule has 0 saturated carbocycles. The number of esters is 2.